The maximum atomic E-state index is 4.93. The number of hydrogen-bond acceptors (Lipinski definition) is 1. The van der Waals surface area contributed by atoms with Gasteiger partial charge in [0.1, 0.15) is 0 Å². The molecular weight excluding hydrogens is 715 g/mol. The molecule has 262 valence electrons. The van der Waals surface area contributed by atoms with Crippen molar-refractivity contribution < 1.29 is 20.8 Å². The van der Waals surface area contributed by atoms with E-state index >= 15 is 0 Å². The molecule has 0 radical (unpaired) electrons. The van der Waals surface area contributed by atoms with Gasteiger partial charge >= 0.3 is 37.9 Å². The molecule has 1 saturated heterocycles. The average Bonchev–Trinajstić information content (AvgIpc) is 3.56. The molecule has 0 nitrogen and oxygen atoms in total. The van der Waals surface area contributed by atoms with E-state index in [1.165, 1.54) is 44.9 Å². The minimum absolute atomic E-state index is 0. The van der Waals surface area contributed by atoms with Crippen LogP contribution in [0.3, 0.4) is 0 Å². The fraction of sp³-hybridized carbons (Fsp3) is 0.805. The Bertz CT molecular complexity index is 1110. The summed E-state index contributed by atoms with van der Waals surface area (Å²) in [5.74, 6) is 7.51. The second kappa shape index (κ2) is 15.9. The molecule has 4 saturated carbocycles. The van der Waals surface area contributed by atoms with E-state index in [4.69, 9.17) is 17.0 Å². The third-order valence-corrected chi connectivity index (χ3v) is 21.4. The van der Waals surface area contributed by atoms with Crippen LogP contribution in [0.5, 0.6) is 0 Å². The van der Waals surface area contributed by atoms with Gasteiger partial charge in [-0.3, -0.25) is 0 Å². The zero-order valence-electron chi connectivity index (χ0n) is 32.0. The number of hydrogen-bond donors (Lipinski definition) is 0. The summed E-state index contributed by atoms with van der Waals surface area (Å²) in [4.78, 5) is 0. The summed E-state index contributed by atoms with van der Waals surface area (Å²) in [5, 5.41) is 1.99. The molecule has 6 rings (SSSR count). The van der Waals surface area contributed by atoms with E-state index in [0.717, 1.165) is 68.9 Å². The van der Waals surface area contributed by atoms with Crippen molar-refractivity contribution in [2.75, 3.05) is 0 Å². The molecule has 1 heterocycles. The zero-order valence-corrected chi connectivity index (χ0v) is 37.8. The molecule has 0 bridgehead atoms. The Morgan fingerprint density at radius 1 is 0.717 bits per heavy atom. The van der Waals surface area contributed by atoms with Gasteiger partial charge in [0.2, 0.25) is 0 Å². The van der Waals surface area contributed by atoms with Crippen molar-refractivity contribution in [2.24, 2.45) is 41.4 Å². The first-order chi connectivity index (χ1) is 20.5. The Balaban J connectivity index is 0.00000111. The SMILES string of the molecule is CC1CC2C(c3cc(C(C)(C)C)cc(C(C)(C)C)c3)CCCC2C1[Si](C)(C)C1C(C)C(C)C2C3CCCCC3SC21.[CH3-].[CH3-].[Cl][Zr+2][Cl]. The standard InChI is InChI=1S/C39H64SSi.2CH3.2ClH.Zr/c1-23-19-32-29(26-20-27(38(4,5)6)22-28(21-26)39(7,8)9)16-14-17-30(32)36(23)41(10,11)37-25(3)24(2)34-31-15-12-13-18-33(31)40-35(34)37;;;;;/h20-25,29-37H,12-19H2,1-11H3;2*1H3;2*1H;/q;2*-1;;;+4/p-2. The Morgan fingerprint density at radius 3 is 1.83 bits per heavy atom. The predicted octanol–water partition coefficient (Wildman–Crippen LogP) is 14.1. The van der Waals surface area contributed by atoms with Crippen molar-refractivity contribution in [3.63, 3.8) is 0 Å². The molecule has 12 atom stereocenters. The average molecular weight is 785 g/mol. The monoisotopic (exact) mass is 782 g/mol. The Labute approximate surface area is 311 Å². The molecule has 4 aliphatic carbocycles. The zero-order chi connectivity index (χ0) is 32.4. The first-order valence-corrected chi connectivity index (χ1v) is 28.7. The van der Waals surface area contributed by atoms with Crippen LogP contribution in [0.25, 0.3) is 0 Å². The van der Waals surface area contributed by atoms with Gasteiger partial charge < -0.3 is 14.9 Å². The van der Waals surface area contributed by atoms with Crippen LogP contribution in [-0.2, 0) is 31.7 Å². The fourth-order valence-electron chi connectivity index (χ4n) is 12.1. The summed E-state index contributed by atoms with van der Waals surface area (Å²) in [6.45, 7) is 28.4. The molecule has 5 heteroatoms. The summed E-state index contributed by atoms with van der Waals surface area (Å²) in [5.41, 5.74) is 7.26. The Morgan fingerprint density at radius 2 is 1.26 bits per heavy atom. The Kier molecular flexibility index (Phi) is 14.4. The van der Waals surface area contributed by atoms with Gasteiger partial charge in [-0.15, -0.1) is 0 Å². The molecule has 0 N–H and O–H groups in total. The van der Waals surface area contributed by atoms with Crippen molar-refractivity contribution in [3.8, 4) is 0 Å². The van der Waals surface area contributed by atoms with Crippen molar-refractivity contribution in [1.82, 2.24) is 0 Å². The van der Waals surface area contributed by atoms with Crippen LogP contribution >= 0.6 is 28.8 Å². The third kappa shape index (κ3) is 7.85. The van der Waals surface area contributed by atoms with E-state index in [2.05, 4.69) is 105 Å². The minimum atomic E-state index is -1.50. The topological polar surface area (TPSA) is 0 Å². The van der Waals surface area contributed by atoms with Crippen molar-refractivity contribution >= 4 is 36.9 Å². The van der Waals surface area contributed by atoms with Crippen LogP contribution in [0.2, 0.25) is 24.2 Å². The van der Waals surface area contributed by atoms with Gasteiger partial charge in [-0.05, 0) is 112 Å². The van der Waals surface area contributed by atoms with E-state index < -0.39 is 28.9 Å². The summed E-state index contributed by atoms with van der Waals surface area (Å²) in [6.07, 6.45) is 11.9. The molecule has 0 aromatic heterocycles. The molecule has 1 aliphatic heterocycles. The van der Waals surface area contributed by atoms with E-state index in [1.54, 1.807) is 23.1 Å². The van der Waals surface area contributed by atoms with Gasteiger partial charge in [0, 0.05) is 10.5 Å². The summed E-state index contributed by atoms with van der Waals surface area (Å²) >= 11 is 1.71. The van der Waals surface area contributed by atoms with E-state index in [0.29, 0.717) is 0 Å². The van der Waals surface area contributed by atoms with Crippen molar-refractivity contribution in [3.05, 3.63) is 49.7 Å². The number of rotatable bonds is 3. The van der Waals surface area contributed by atoms with Crippen LogP contribution in [0.4, 0.5) is 0 Å². The molecule has 1 aromatic carbocycles. The number of thioether (sulfide) groups is 1. The molecule has 0 spiro atoms. The second-order valence-corrected chi connectivity index (χ2v) is 28.9. The third-order valence-electron chi connectivity index (χ3n) is 14.0. The van der Waals surface area contributed by atoms with Gasteiger partial charge in [0.15, 0.2) is 0 Å². The van der Waals surface area contributed by atoms with Crippen molar-refractivity contribution in [2.45, 2.75) is 165 Å². The first kappa shape index (κ1) is 41.7. The summed E-state index contributed by atoms with van der Waals surface area (Å²) in [7, 11) is 8.37. The van der Waals surface area contributed by atoms with Gasteiger partial charge in [0.05, 0.1) is 8.07 Å². The van der Waals surface area contributed by atoms with Gasteiger partial charge in [-0.25, -0.2) is 0 Å². The predicted molar refractivity (Wildman–Crippen MR) is 210 cm³/mol. The van der Waals surface area contributed by atoms with Crippen LogP contribution in [0.1, 0.15) is 136 Å². The number of fused-ring (bicyclic) bond motifs is 4. The molecular formula is C41H70Cl2SSiZr. The van der Waals surface area contributed by atoms with Crippen LogP contribution in [0, 0.1) is 56.3 Å². The quantitative estimate of drug-likeness (QED) is 0.217. The first-order valence-electron chi connectivity index (χ1n) is 18.3. The van der Waals surface area contributed by atoms with Gasteiger partial charge in [-0.2, -0.15) is 11.8 Å². The van der Waals surface area contributed by atoms with Crippen LogP contribution in [0.15, 0.2) is 18.2 Å². The second-order valence-electron chi connectivity index (χ2n) is 18.7. The van der Waals surface area contributed by atoms with Crippen molar-refractivity contribution in [1.29, 1.82) is 0 Å². The number of halogens is 2. The molecule has 1 aromatic rings. The molecule has 46 heavy (non-hydrogen) atoms. The van der Waals surface area contributed by atoms with E-state index in [9.17, 15) is 0 Å². The van der Waals surface area contributed by atoms with E-state index in [1.807, 2.05) is 0 Å². The van der Waals surface area contributed by atoms with Crippen LogP contribution < -0.4 is 0 Å². The maximum absolute atomic E-state index is 4.93. The molecule has 12 unspecified atom stereocenters. The fourth-order valence-corrected chi connectivity index (χ4v) is 22.0. The number of benzene rings is 1. The Hall–Kier alpha value is 1.25. The molecule has 5 fully saturated rings. The summed E-state index contributed by atoms with van der Waals surface area (Å²) < 4.78 is 0. The van der Waals surface area contributed by atoms with Gasteiger partial charge in [-0.1, -0.05) is 119 Å². The van der Waals surface area contributed by atoms with E-state index in [-0.39, 0.29) is 25.7 Å². The van der Waals surface area contributed by atoms with Gasteiger partial charge in [0.25, 0.3) is 0 Å². The molecule has 5 aliphatic rings. The van der Waals surface area contributed by atoms with Crippen LogP contribution in [-0.4, -0.2) is 18.6 Å². The normalized spacial score (nSPS) is 38.6. The summed E-state index contributed by atoms with van der Waals surface area (Å²) in [6, 6.07) is 7.85. The molecule has 0 amide bonds.